The number of hydrogen-bond donors (Lipinski definition) is 1. The van der Waals surface area contributed by atoms with E-state index in [1.807, 2.05) is 25.1 Å². The summed E-state index contributed by atoms with van der Waals surface area (Å²) in [5, 5.41) is 8.17. The number of halogens is 1. The van der Waals surface area contributed by atoms with Gasteiger partial charge in [0.1, 0.15) is 10.8 Å². The van der Waals surface area contributed by atoms with E-state index in [2.05, 4.69) is 20.2 Å². The van der Waals surface area contributed by atoms with Gasteiger partial charge in [-0.3, -0.25) is 5.10 Å². The maximum atomic E-state index is 5.92. The third-order valence-electron chi connectivity index (χ3n) is 2.59. The zero-order valence-electron chi connectivity index (χ0n) is 10.6. The number of aromatic nitrogens is 4. The molecular formula is C13H11ClN4O2. The van der Waals surface area contributed by atoms with E-state index >= 15 is 0 Å². The molecule has 7 heteroatoms. The quantitative estimate of drug-likeness (QED) is 0.799. The van der Waals surface area contributed by atoms with Crippen LogP contribution < -0.4 is 9.47 Å². The first-order valence-electron chi connectivity index (χ1n) is 6.02. The Balaban J connectivity index is 1.87. The molecule has 0 aliphatic rings. The summed E-state index contributed by atoms with van der Waals surface area (Å²) in [5.74, 6) is 0.910. The molecule has 0 spiro atoms. The van der Waals surface area contributed by atoms with Crippen LogP contribution in [0.3, 0.4) is 0 Å². The maximum Gasteiger partial charge on any atom is 0.325 e. The molecule has 0 unspecified atom stereocenters. The molecular weight excluding hydrogens is 280 g/mol. The molecule has 6 nitrogen and oxygen atoms in total. The van der Waals surface area contributed by atoms with Crippen molar-refractivity contribution in [1.29, 1.82) is 0 Å². The third-order valence-corrected chi connectivity index (χ3v) is 2.85. The minimum absolute atomic E-state index is 0.178. The highest BCUT2D eigenvalue weighted by molar-refractivity contribution is 6.31. The lowest BCUT2D eigenvalue weighted by atomic mass is 10.2. The van der Waals surface area contributed by atoms with Crippen LogP contribution in [0.15, 0.2) is 30.6 Å². The lowest BCUT2D eigenvalue weighted by Gasteiger charge is -2.07. The number of hydrogen-bond acceptors (Lipinski definition) is 5. The zero-order valence-corrected chi connectivity index (χ0v) is 11.4. The van der Waals surface area contributed by atoms with Crippen molar-refractivity contribution < 1.29 is 9.47 Å². The van der Waals surface area contributed by atoms with Crippen LogP contribution in [0, 0.1) is 0 Å². The van der Waals surface area contributed by atoms with Crippen LogP contribution in [0.2, 0.25) is 5.02 Å². The van der Waals surface area contributed by atoms with Gasteiger partial charge in [-0.1, -0.05) is 11.6 Å². The van der Waals surface area contributed by atoms with Gasteiger partial charge in [-0.2, -0.15) is 10.1 Å². The Morgan fingerprint density at radius 1 is 1.30 bits per heavy atom. The average Bonchev–Trinajstić information content (AvgIpc) is 2.90. The normalized spacial score (nSPS) is 10.7. The fourth-order valence-corrected chi connectivity index (χ4v) is 1.85. The molecule has 3 aromatic rings. The minimum Gasteiger partial charge on any atom is -0.477 e. The van der Waals surface area contributed by atoms with Gasteiger partial charge >= 0.3 is 6.01 Å². The predicted molar refractivity (Wildman–Crippen MR) is 74.4 cm³/mol. The van der Waals surface area contributed by atoms with E-state index in [9.17, 15) is 0 Å². The highest BCUT2D eigenvalue weighted by atomic mass is 35.5. The molecule has 0 bridgehead atoms. The fourth-order valence-electron chi connectivity index (χ4n) is 1.71. The molecule has 0 atom stereocenters. The Labute approximate surface area is 119 Å². The second-order valence-corrected chi connectivity index (χ2v) is 4.37. The van der Waals surface area contributed by atoms with E-state index in [0.717, 1.165) is 10.9 Å². The number of H-pyrrole nitrogens is 1. The number of fused-ring (bicyclic) bond motifs is 1. The topological polar surface area (TPSA) is 72.9 Å². The lowest BCUT2D eigenvalue weighted by Crippen LogP contribution is -1.98. The monoisotopic (exact) mass is 290 g/mol. The molecule has 0 amide bonds. The van der Waals surface area contributed by atoms with Crippen LogP contribution in [-0.4, -0.2) is 26.8 Å². The fraction of sp³-hybridized carbons (Fsp3) is 0.154. The molecule has 0 saturated carbocycles. The molecule has 102 valence electrons. The van der Waals surface area contributed by atoms with Crippen LogP contribution in [0.5, 0.6) is 17.6 Å². The van der Waals surface area contributed by atoms with E-state index < -0.39 is 0 Å². The Morgan fingerprint density at radius 2 is 2.20 bits per heavy atom. The van der Waals surface area contributed by atoms with Crippen LogP contribution in [0.25, 0.3) is 10.9 Å². The van der Waals surface area contributed by atoms with Gasteiger partial charge in [0.15, 0.2) is 0 Å². The zero-order chi connectivity index (χ0) is 13.9. The van der Waals surface area contributed by atoms with Crippen LogP contribution >= 0.6 is 11.6 Å². The number of nitrogens with one attached hydrogen (secondary N) is 1. The van der Waals surface area contributed by atoms with Crippen molar-refractivity contribution >= 4 is 22.5 Å². The Kier molecular flexibility index (Phi) is 3.39. The van der Waals surface area contributed by atoms with E-state index in [0.29, 0.717) is 23.3 Å². The van der Waals surface area contributed by atoms with Crippen molar-refractivity contribution in [2.45, 2.75) is 6.92 Å². The van der Waals surface area contributed by atoms with Crippen molar-refractivity contribution in [3.63, 3.8) is 0 Å². The van der Waals surface area contributed by atoms with Crippen molar-refractivity contribution in [3.05, 3.63) is 35.6 Å². The summed E-state index contributed by atoms with van der Waals surface area (Å²) in [5.41, 5.74) is 0.876. The number of rotatable bonds is 4. The number of nitrogens with zero attached hydrogens (tertiary/aromatic N) is 3. The van der Waals surface area contributed by atoms with Crippen LogP contribution in [-0.2, 0) is 0 Å². The van der Waals surface area contributed by atoms with Gasteiger partial charge in [-0.15, -0.1) is 0 Å². The molecule has 0 saturated heterocycles. The molecule has 1 N–H and O–H groups in total. The lowest BCUT2D eigenvalue weighted by molar-refractivity contribution is 0.318. The first-order chi connectivity index (χ1) is 9.76. The average molecular weight is 291 g/mol. The molecule has 0 aliphatic heterocycles. The van der Waals surface area contributed by atoms with Gasteiger partial charge in [0.2, 0.25) is 5.88 Å². The van der Waals surface area contributed by atoms with Gasteiger partial charge in [0.25, 0.3) is 0 Å². The van der Waals surface area contributed by atoms with Gasteiger partial charge < -0.3 is 9.47 Å². The Hall–Kier alpha value is -2.34. The maximum absolute atomic E-state index is 5.92. The Morgan fingerprint density at radius 3 is 3.05 bits per heavy atom. The number of benzene rings is 1. The van der Waals surface area contributed by atoms with E-state index in [1.54, 1.807) is 6.20 Å². The summed E-state index contributed by atoms with van der Waals surface area (Å²) in [6.07, 6.45) is 3.19. The van der Waals surface area contributed by atoms with Gasteiger partial charge in [0, 0.05) is 11.5 Å². The molecule has 20 heavy (non-hydrogen) atoms. The number of aromatic amines is 1. The summed E-state index contributed by atoms with van der Waals surface area (Å²) >= 11 is 5.92. The second-order valence-electron chi connectivity index (χ2n) is 3.96. The first kappa shape index (κ1) is 12.7. The molecule has 1 aromatic carbocycles. The van der Waals surface area contributed by atoms with Crippen molar-refractivity contribution in [3.8, 4) is 17.6 Å². The summed E-state index contributed by atoms with van der Waals surface area (Å²) in [7, 11) is 0. The van der Waals surface area contributed by atoms with Crippen molar-refractivity contribution in [2.75, 3.05) is 6.61 Å². The molecule has 2 heterocycles. The number of ether oxygens (including phenoxy) is 2. The van der Waals surface area contributed by atoms with Crippen molar-refractivity contribution in [1.82, 2.24) is 20.2 Å². The van der Waals surface area contributed by atoms with Crippen LogP contribution in [0.1, 0.15) is 6.92 Å². The smallest absolute Gasteiger partial charge is 0.325 e. The molecule has 0 aliphatic carbocycles. The van der Waals surface area contributed by atoms with Gasteiger partial charge in [-0.25, -0.2) is 4.98 Å². The molecule has 3 rings (SSSR count). The van der Waals surface area contributed by atoms with Crippen molar-refractivity contribution in [2.24, 2.45) is 0 Å². The molecule has 2 aromatic heterocycles. The predicted octanol–water partition coefficient (Wildman–Crippen LogP) is 3.20. The SMILES string of the molecule is CCOc1nc(Oc2ccc3cn[nH]c3c2)ncc1Cl. The third kappa shape index (κ3) is 2.50. The van der Waals surface area contributed by atoms with Gasteiger partial charge in [0.05, 0.1) is 24.5 Å². The van der Waals surface area contributed by atoms with E-state index in [1.165, 1.54) is 6.20 Å². The molecule has 0 radical (unpaired) electrons. The summed E-state index contributed by atoms with van der Waals surface area (Å²) in [6.45, 7) is 2.32. The summed E-state index contributed by atoms with van der Waals surface area (Å²) in [4.78, 5) is 8.12. The highest BCUT2D eigenvalue weighted by Gasteiger charge is 2.08. The van der Waals surface area contributed by atoms with E-state index in [4.69, 9.17) is 21.1 Å². The van der Waals surface area contributed by atoms with Crippen LogP contribution in [0.4, 0.5) is 0 Å². The summed E-state index contributed by atoms with van der Waals surface area (Å²) < 4.78 is 10.9. The Bertz CT molecular complexity index is 744. The first-order valence-corrected chi connectivity index (χ1v) is 6.40. The minimum atomic E-state index is 0.178. The second kappa shape index (κ2) is 5.34. The van der Waals surface area contributed by atoms with Gasteiger partial charge in [-0.05, 0) is 19.1 Å². The highest BCUT2D eigenvalue weighted by Crippen LogP contribution is 2.26. The van der Waals surface area contributed by atoms with E-state index in [-0.39, 0.29) is 6.01 Å². The standard InChI is InChI=1S/C13H11ClN4O2/c1-2-19-12-10(14)7-15-13(17-12)20-9-4-3-8-6-16-18-11(8)5-9/h3-7H,2H2,1H3,(H,16,18). The largest absolute Gasteiger partial charge is 0.477 e. The molecule has 0 fully saturated rings. The summed E-state index contributed by atoms with van der Waals surface area (Å²) in [6, 6.07) is 5.71.